The molecule has 1 heterocycles. The van der Waals surface area contributed by atoms with Crippen LogP contribution in [0, 0.1) is 3.57 Å². The van der Waals surface area contributed by atoms with Gasteiger partial charge in [0.15, 0.2) is 5.11 Å². The van der Waals surface area contributed by atoms with E-state index < -0.39 is 17.6 Å². The molecule has 0 atom stereocenters. The van der Waals surface area contributed by atoms with Gasteiger partial charge in [-0.05, 0) is 84.4 Å². The molecule has 0 bridgehead atoms. The highest BCUT2D eigenvalue weighted by molar-refractivity contribution is 14.1. The van der Waals surface area contributed by atoms with Crippen LogP contribution in [-0.4, -0.2) is 24.1 Å². The van der Waals surface area contributed by atoms with Crippen LogP contribution in [0.15, 0.2) is 42.5 Å². The number of thiocarbonyl (C=S) groups is 1. The molecule has 2 N–H and O–H groups in total. The third-order valence-corrected chi connectivity index (χ3v) is 5.76. The second kappa shape index (κ2) is 9.29. The molecule has 3 rings (SSSR count). The molecule has 0 saturated carbocycles. The topological polar surface area (TPSA) is 44.4 Å². The third-order valence-electron chi connectivity index (χ3n) is 4.61. The van der Waals surface area contributed by atoms with Crippen LogP contribution in [0.2, 0.25) is 0 Å². The Balaban J connectivity index is 1.82. The van der Waals surface area contributed by atoms with Crippen LogP contribution in [0.25, 0.3) is 0 Å². The molecule has 4 nitrogen and oxygen atoms in total. The van der Waals surface area contributed by atoms with Crippen molar-refractivity contribution in [2.45, 2.75) is 25.4 Å². The molecule has 2 aromatic rings. The molecule has 2 aromatic carbocycles. The summed E-state index contributed by atoms with van der Waals surface area (Å²) in [5.41, 5.74) is 0.545. The first kappa shape index (κ1) is 21.8. The molecule has 0 unspecified atom stereocenters. The maximum atomic E-state index is 13.2. The fourth-order valence-corrected chi connectivity index (χ4v) is 4.03. The van der Waals surface area contributed by atoms with Crippen molar-refractivity contribution in [3.05, 3.63) is 57.2 Å². The van der Waals surface area contributed by atoms with Gasteiger partial charge in [-0.3, -0.25) is 10.1 Å². The van der Waals surface area contributed by atoms with E-state index in [0.717, 1.165) is 48.1 Å². The number of carbonyl (C=O) groups excluding carboxylic acids is 1. The zero-order valence-electron chi connectivity index (χ0n) is 15.4. The lowest BCUT2D eigenvalue weighted by Gasteiger charge is -2.31. The van der Waals surface area contributed by atoms with E-state index in [1.807, 2.05) is 33.6 Å². The van der Waals surface area contributed by atoms with Crippen molar-refractivity contribution in [2.75, 3.05) is 23.3 Å². The minimum Gasteiger partial charge on any atom is -0.370 e. The predicted molar refractivity (Wildman–Crippen MR) is 120 cm³/mol. The van der Waals surface area contributed by atoms with Gasteiger partial charge in [0.25, 0.3) is 5.91 Å². The van der Waals surface area contributed by atoms with E-state index in [0.29, 0.717) is 11.3 Å². The third kappa shape index (κ3) is 5.59. The fourth-order valence-electron chi connectivity index (χ4n) is 3.19. The molecule has 1 saturated heterocycles. The Morgan fingerprint density at radius 2 is 1.76 bits per heavy atom. The standard InChI is InChI=1S/C20H19F3IN3OS/c21-20(22,23)13-8-9-17(27-10-4-1-5-11-27)16(12-13)25-19(29)26-18(28)14-6-2-3-7-15(14)24/h2-3,6-9,12H,1,4-5,10-11H2,(H2,25,26,28,29). The van der Waals surface area contributed by atoms with E-state index in [1.165, 1.54) is 6.07 Å². The van der Waals surface area contributed by atoms with Crippen molar-refractivity contribution < 1.29 is 18.0 Å². The van der Waals surface area contributed by atoms with Crippen molar-refractivity contribution in [2.24, 2.45) is 0 Å². The Kier molecular flexibility index (Phi) is 6.99. The van der Waals surface area contributed by atoms with Gasteiger partial charge in [-0.2, -0.15) is 13.2 Å². The number of benzene rings is 2. The van der Waals surface area contributed by atoms with E-state index in [-0.39, 0.29) is 10.8 Å². The first-order valence-corrected chi connectivity index (χ1v) is 10.6. The average molecular weight is 533 g/mol. The van der Waals surface area contributed by atoms with Gasteiger partial charge in [0.2, 0.25) is 0 Å². The van der Waals surface area contributed by atoms with Crippen molar-refractivity contribution >= 4 is 57.2 Å². The quantitative estimate of drug-likeness (QED) is 0.409. The SMILES string of the molecule is O=C(NC(=S)Nc1cc(C(F)(F)F)ccc1N1CCCCC1)c1ccccc1I. The maximum absolute atomic E-state index is 13.2. The van der Waals surface area contributed by atoms with E-state index in [2.05, 4.69) is 10.6 Å². The van der Waals surface area contributed by atoms with Gasteiger partial charge < -0.3 is 10.2 Å². The lowest BCUT2D eigenvalue weighted by Crippen LogP contribution is -2.36. The molecule has 1 aliphatic heterocycles. The number of rotatable bonds is 3. The summed E-state index contributed by atoms with van der Waals surface area (Å²) in [4.78, 5) is 14.5. The molecule has 154 valence electrons. The summed E-state index contributed by atoms with van der Waals surface area (Å²) < 4.78 is 40.4. The van der Waals surface area contributed by atoms with Crippen LogP contribution in [0.5, 0.6) is 0 Å². The highest BCUT2D eigenvalue weighted by Crippen LogP contribution is 2.36. The van der Waals surface area contributed by atoms with E-state index >= 15 is 0 Å². The molecule has 0 aromatic heterocycles. The number of carbonyl (C=O) groups is 1. The Morgan fingerprint density at radius 1 is 1.07 bits per heavy atom. The van der Waals surface area contributed by atoms with E-state index in [1.54, 1.807) is 18.2 Å². The zero-order chi connectivity index (χ0) is 21.0. The van der Waals surface area contributed by atoms with E-state index in [4.69, 9.17) is 12.2 Å². The van der Waals surface area contributed by atoms with Gasteiger partial charge in [-0.15, -0.1) is 0 Å². The number of halogens is 4. The second-order valence-corrected chi connectivity index (χ2v) is 8.24. The van der Waals surface area contributed by atoms with Crippen molar-refractivity contribution in [3.8, 4) is 0 Å². The van der Waals surface area contributed by atoms with Crippen LogP contribution in [0.1, 0.15) is 35.2 Å². The van der Waals surface area contributed by atoms with Crippen LogP contribution < -0.4 is 15.5 Å². The lowest BCUT2D eigenvalue weighted by molar-refractivity contribution is -0.137. The fraction of sp³-hybridized carbons (Fsp3) is 0.300. The highest BCUT2D eigenvalue weighted by Gasteiger charge is 2.31. The monoisotopic (exact) mass is 533 g/mol. The number of alkyl halides is 3. The number of amides is 1. The van der Waals surface area contributed by atoms with Crippen molar-refractivity contribution in [1.82, 2.24) is 5.32 Å². The Hall–Kier alpha value is -1.88. The second-order valence-electron chi connectivity index (χ2n) is 6.67. The Labute approximate surface area is 186 Å². The molecule has 0 radical (unpaired) electrons. The number of nitrogens with zero attached hydrogens (tertiary/aromatic N) is 1. The minimum atomic E-state index is -4.47. The first-order valence-electron chi connectivity index (χ1n) is 9.09. The largest absolute Gasteiger partial charge is 0.416 e. The Bertz CT molecular complexity index is 914. The van der Waals surface area contributed by atoms with Crippen LogP contribution >= 0.6 is 34.8 Å². The summed E-state index contributed by atoms with van der Waals surface area (Å²) in [5, 5.41) is 5.30. The van der Waals surface area contributed by atoms with Gasteiger partial charge >= 0.3 is 6.18 Å². The summed E-state index contributed by atoms with van der Waals surface area (Å²) in [5.74, 6) is -0.418. The summed E-state index contributed by atoms with van der Waals surface area (Å²) >= 11 is 7.25. The van der Waals surface area contributed by atoms with Gasteiger partial charge in [-0.25, -0.2) is 0 Å². The maximum Gasteiger partial charge on any atom is 0.416 e. The van der Waals surface area contributed by atoms with Gasteiger partial charge in [-0.1, -0.05) is 12.1 Å². The molecular formula is C20H19F3IN3OS. The van der Waals surface area contributed by atoms with Crippen LogP contribution in [0.4, 0.5) is 24.5 Å². The summed E-state index contributed by atoms with van der Waals surface area (Å²) in [6.07, 6.45) is -1.41. The number of hydrogen-bond acceptors (Lipinski definition) is 3. The molecule has 0 aliphatic carbocycles. The highest BCUT2D eigenvalue weighted by atomic mass is 127. The van der Waals surface area contributed by atoms with Gasteiger partial charge in [0, 0.05) is 16.7 Å². The summed E-state index contributed by atoms with van der Waals surface area (Å²) in [6.45, 7) is 1.53. The number of piperidine rings is 1. The Morgan fingerprint density at radius 3 is 2.41 bits per heavy atom. The smallest absolute Gasteiger partial charge is 0.370 e. The summed E-state index contributed by atoms with van der Waals surface area (Å²) in [6, 6.07) is 10.5. The number of nitrogens with one attached hydrogen (secondary N) is 2. The molecule has 1 amide bonds. The van der Waals surface area contributed by atoms with Gasteiger partial charge in [0.1, 0.15) is 0 Å². The molecular weight excluding hydrogens is 514 g/mol. The molecule has 9 heteroatoms. The number of anilines is 2. The molecule has 1 aliphatic rings. The van der Waals surface area contributed by atoms with Crippen molar-refractivity contribution in [3.63, 3.8) is 0 Å². The number of hydrogen-bond donors (Lipinski definition) is 2. The van der Waals surface area contributed by atoms with Crippen molar-refractivity contribution in [1.29, 1.82) is 0 Å². The minimum absolute atomic E-state index is 0.0489. The van der Waals surface area contributed by atoms with E-state index in [9.17, 15) is 18.0 Å². The normalized spacial score (nSPS) is 14.4. The average Bonchev–Trinajstić information content (AvgIpc) is 2.68. The molecule has 1 fully saturated rings. The lowest BCUT2D eigenvalue weighted by atomic mass is 10.1. The molecule has 0 spiro atoms. The molecule has 29 heavy (non-hydrogen) atoms. The first-order chi connectivity index (χ1) is 13.8. The van der Waals surface area contributed by atoms with Crippen LogP contribution in [0.3, 0.4) is 0 Å². The zero-order valence-corrected chi connectivity index (χ0v) is 18.3. The van der Waals surface area contributed by atoms with Gasteiger partial charge in [0.05, 0.1) is 22.5 Å². The van der Waals surface area contributed by atoms with Crippen LogP contribution in [-0.2, 0) is 6.18 Å². The summed E-state index contributed by atoms with van der Waals surface area (Å²) in [7, 11) is 0. The predicted octanol–water partition coefficient (Wildman–Crippen LogP) is 5.43.